The summed E-state index contributed by atoms with van der Waals surface area (Å²) in [4.78, 5) is 0. The van der Waals surface area contributed by atoms with E-state index in [1.165, 1.54) is 0 Å². The van der Waals surface area contributed by atoms with Crippen LogP contribution in [0.4, 0.5) is 0 Å². The van der Waals surface area contributed by atoms with Gasteiger partial charge in [0.05, 0.1) is 0 Å². The molecule has 1 nitrogen and oxygen atoms in total. The van der Waals surface area contributed by atoms with Crippen molar-refractivity contribution in [1.29, 1.82) is 0 Å². The van der Waals surface area contributed by atoms with E-state index in [1.807, 2.05) is 24.3 Å². The number of benzene rings is 1. The Morgan fingerprint density at radius 2 is 1.80 bits per heavy atom. The molecule has 2 heteroatoms. The van der Waals surface area contributed by atoms with E-state index < -0.39 is 8.32 Å². The van der Waals surface area contributed by atoms with Crippen molar-refractivity contribution in [3.8, 4) is 12.3 Å². The van der Waals surface area contributed by atoms with Gasteiger partial charge >= 0.3 is 0 Å². The lowest BCUT2D eigenvalue weighted by Gasteiger charge is -2.21. The first kappa shape index (κ1) is 11.6. The van der Waals surface area contributed by atoms with Gasteiger partial charge in [-0.25, -0.2) is 0 Å². The van der Waals surface area contributed by atoms with Crippen LogP contribution in [0, 0.1) is 12.3 Å². The molecule has 0 radical (unpaired) electrons. The smallest absolute Gasteiger partial charge is 0.242 e. The maximum absolute atomic E-state index is 5.79. The van der Waals surface area contributed by atoms with Crippen molar-refractivity contribution < 1.29 is 4.43 Å². The fraction of sp³-hybridized carbons (Fsp3) is 0.231. The monoisotopic (exact) mass is 216 g/mol. The molecule has 1 aromatic carbocycles. The van der Waals surface area contributed by atoms with Gasteiger partial charge in [0, 0.05) is 11.1 Å². The summed E-state index contributed by atoms with van der Waals surface area (Å²) in [6.07, 6.45) is 5.28. The minimum Gasteiger partial charge on any atom is -0.544 e. The van der Waals surface area contributed by atoms with E-state index in [1.54, 1.807) is 0 Å². The molecule has 0 atom stereocenters. The Balaban J connectivity index is 2.80. The summed E-state index contributed by atoms with van der Waals surface area (Å²) in [6.45, 7) is 10.3. The quantitative estimate of drug-likeness (QED) is 0.427. The van der Waals surface area contributed by atoms with E-state index in [2.05, 4.69) is 32.1 Å². The summed E-state index contributed by atoms with van der Waals surface area (Å²) in [6, 6.07) is 7.68. The fourth-order valence-corrected chi connectivity index (χ4v) is 2.04. The van der Waals surface area contributed by atoms with Crippen LogP contribution in [0.3, 0.4) is 0 Å². The summed E-state index contributed by atoms with van der Waals surface area (Å²) in [5.41, 5.74) is 1.87. The molecule has 78 valence electrons. The topological polar surface area (TPSA) is 9.23 Å². The Morgan fingerprint density at radius 1 is 1.27 bits per heavy atom. The zero-order valence-corrected chi connectivity index (χ0v) is 10.5. The largest absolute Gasteiger partial charge is 0.544 e. The van der Waals surface area contributed by atoms with Gasteiger partial charge < -0.3 is 4.43 Å². The highest BCUT2D eigenvalue weighted by molar-refractivity contribution is 6.70. The van der Waals surface area contributed by atoms with Gasteiger partial charge in [-0.15, -0.1) is 6.42 Å². The van der Waals surface area contributed by atoms with Crippen LogP contribution in [0.15, 0.2) is 30.8 Å². The minimum atomic E-state index is -1.56. The lowest BCUT2D eigenvalue weighted by molar-refractivity contribution is 0.516. The molecule has 0 aliphatic heterocycles. The Labute approximate surface area is 92.9 Å². The molecule has 0 saturated carbocycles. The first-order valence-electron chi connectivity index (χ1n) is 4.87. The molecule has 0 aliphatic carbocycles. The van der Waals surface area contributed by atoms with Crippen LogP contribution < -0.4 is 0 Å². The van der Waals surface area contributed by atoms with Gasteiger partial charge in [-0.05, 0) is 31.8 Å². The van der Waals surface area contributed by atoms with Crippen molar-refractivity contribution in [3.05, 3.63) is 42.0 Å². The van der Waals surface area contributed by atoms with Gasteiger partial charge in [0.15, 0.2) is 0 Å². The Morgan fingerprint density at radius 3 is 2.20 bits per heavy atom. The Bertz CT molecular complexity index is 390. The van der Waals surface area contributed by atoms with Crippen molar-refractivity contribution in [1.82, 2.24) is 0 Å². The SMILES string of the molecule is C#Cc1ccc(C(=C)O[Si](C)(C)C)cc1. The van der Waals surface area contributed by atoms with Crippen molar-refractivity contribution in [2.75, 3.05) is 0 Å². The van der Waals surface area contributed by atoms with Gasteiger partial charge in [-0.3, -0.25) is 0 Å². The second-order valence-corrected chi connectivity index (χ2v) is 8.79. The highest BCUT2D eigenvalue weighted by Gasteiger charge is 2.17. The van der Waals surface area contributed by atoms with Gasteiger partial charge in [-0.2, -0.15) is 0 Å². The maximum Gasteiger partial charge on any atom is 0.242 e. The van der Waals surface area contributed by atoms with Crippen molar-refractivity contribution in [2.24, 2.45) is 0 Å². The van der Waals surface area contributed by atoms with E-state index in [9.17, 15) is 0 Å². The number of hydrogen-bond donors (Lipinski definition) is 0. The predicted octanol–water partition coefficient (Wildman–Crippen LogP) is 3.49. The Kier molecular flexibility index (Phi) is 3.38. The van der Waals surface area contributed by atoms with E-state index in [-0.39, 0.29) is 0 Å². The summed E-state index contributed by atoms with van der Waals surface area (Å²) in [5.74, 6) is 3.31. The van der Waals surface area contributed by atoms with Crippen molar-refractivity contribution in [2.45, 2.75) is 19.6 Å². The summed E-state index contributed by atoms with van der Waals surface area (Å²) < 4.78 is 5.79. The molecule has 15 heavy (non-hydrogen) atoms. The molecule has 0 saturated heterocycles. The fourth-order valence-electron chi connectivity index (χ4n) is 1.18. The molecule has 0 heterocycles. The van der Waals surface area contributed by atoms with Crippen LogP contribution in [0.5, 0.6) is 0 Å². The molecule has 0 amide bonds. The third-order valence-corrected chi connectivity index (χ3v) is 2.66. The van der Waals surface area contributed by atoms with E-state index in [0.717, 1.165) is 16.9 Å². The van der Waals surface area contributed by atoms with Crippen LogP contribution in [0.25, 0.3) is 5.76 Å². The molecule has 0 N–H and O–H groups in total. The number of terminal acetylenes is 1. The summed E-state index contributed by atoms with van der Waals surface area (Å²) in [5, 5.41) is 0. The number of hydrogen-bond acceptors (Lipinski definition) is 1. The molecule has 0 bridgehead atoms. The second kappa shape index (κ2) is 4.37. The lowest BCUT2D eigenvalue weighted by Crippen LogP contribution is -2.24. The Hall–Kier alpha value is -1.46. The zero-order chi connectivity index (χ0) is 11.5. The predicted molar refractivity (Wildman–Crippen MR) is 67.8 cm³/mol. The first-order valence-corrected chi connectivity index (χ1v) is 8.28. The standard InChI is InChI=1S/C13H16OSi/c1-6-12-7-9-13(10-8-12)11(2)14-15(3,4)5/h1,7-10H,2H2,3-5H3. The molecular weight excluding hydrogens is 200 g/mol. The highest BCUT2D eigenvalue weighted by atomic mass is 28.4. The normalized spacial score (nSPS) is 10.5. The lowest BCUT2D eigenvalue weighted by atomic mass is 10.1. The van der Waals surface area contributed by atoms with E-state index in [4.69, 9.17) is 10.8 Å². The van der Waals surface area contributed by atoms with Crippen LogP contribution in [0.1, 0.15) is 11.1 Å². The zero-order valence-electron chi connectivity index (χ0n) is 9.50. The molecule has 1 aromatic rings. The molecule has 0 aromatic heterocycles. The second-order valence-electron chi connectivity index (χ2n) is 4.36. The van der Waals surface area contributed by atoms with Crippen LogP contribution in [-0.2, 0) is 4.43 Å². The third-order valence-electron chi connectivity index (χ3n) is 1.80. The van der Waals surface area contributed by atoms with Crippen molar-refractivity contribution in [3.63, 3.8) is 0 Å². The summed E-state index contributed by atoms with van der Waals surface area (Å²) in [7, 11) is -1.56. The molecule has 0 aliphatic rings. The average molecular weight is 216 g/mol. The molecule has 0 fully saturated rings. The maximum atomic E-state index is 5.79. The van der Waals surface area contributed by atoms with Crippen LogP contribution in [-0.4, -0.2) is 8.32 Å². The molecule has 0 spiro atoms. The van der Waals surface area contributed by atoms with Crippen LogP contribution >= 0.6 is 0 Å². The summed E-state index contributed by atoms with van der Waals surface area (Å²) >= 11 is 0. The molecular formula is C13H16OSi. The number of rotatable bonds is 3. The minimum absolute atomic E-state index is 0.734. The van der Waals surface area contributed by atoms with Gasteiger partial charge in [-0.1, -0.05) is 24.6 Å². The van der Waals surface area contributed by atoms with Gasteiger partial charge in [0.1, 0.15) is 5.76 Å². The average Bonchev–Trinajstić information content (AvgIpc) is 2.15. The molecule has 0 unspecified atom stereocenters. The highest BCUT2D eigenvalue weighted by Crippen LogP contribution is 2.19. The van der Waals surface area contributed by atoms with E-state index >= 15 is 0 Å². The molecule has 1 rings (SSSR count). The van der Waals surface area contributed by atoms with Crippen LogP contribution in [0.2, 0.25) is 19.6 Å². The first-order chi connectivity index (χ1) is 6.92. The van der Waals surface area contributed by atoms with Gasteiger partial charge in [0.25, 0.3) is 0 Å². The van der Waals surface area contributed by atoms with Gasteiger partial charge in [0.2, 0.25) is 8.32 Å². The third kappa shape index (κ3) is 3.65. The van der Waals surface area contributed by atoms with Crippen molar-refractivity contribution >= 4 is 14.1 Å². The van der Waals surface area contributed by atoms with E-state index in [0.29, 0.717) is 0 Å².